The van der Waals surface area contributed by atoms with Crippen LogP contribution in [0.2, 0.25) is 5.02 Å². The first-order valence-electron chi connectivity index (χ1n) is 10.2. The van der Waals surface area contributed by atoms with Crippen LogP contribution in [0.3, 0.4) is 0 Å². The van der Waals surface area contributed by atoms with Gasteiger partial charge in [0.1, 0.15) is 4.90 Å². The van der Waals surface area contributed by atoms with Crippen LogP contribution >= 0.6 is 11.6 Å². The largest absolute Gasteiger partial charge is 0.418 e. The van der Waals surface area contributed by atoms with E-state index in [1.54, 1.807) is 24.3 Å². The molecule has 0 saturated carbocycles. The van der Waals surface area contributed by atoms with E-state index in [1.165, 1.54) is 24.5 Å². The predicted molar refractivity (Wildman–Crippen MR) is 127 cm³/mol. The second-order valence-electron chi connectivity index (χ2n) is 7.61. The van der Waals surface area contributed by atoms with Crippen LogP contribution in [0.25, 0.3) is 16.9 Å². The number of anilines is 1. The van der Waals surface area contributed by atoms with E-state index in [2.05, 4.69) is 15.4 Å². The topological polar surface area (TPSA) is 120 Å². The van der Waals surface area contributed by atoms with Gasteiger partial charge in [-0.2, -0.15) is 18.3 Å². The van der Waals surface area contributed by atoms with Crippen LogP contribution in [0.5, 0.6) is 0 Å². The highest BCUT2D eigenvalue weighted by atomic mass is 35.5. The van der Waals surface area contributed by atoms with Crippen LogP contribution in [-0.4, -0.2) is 29.1 Å². The molecule has 0 bridgehead atoms. The van der Waals surface area contributed by atoms with Gasteiger partial charge in [0.2, 0.25) is 15.9 Å². The normalized spacial score (nSPS) is 11.9. The number of pyridine rings is 1. The molecule has 0 aliphatic carbocycles. The summed E-state index contributed by atoms with van der Waals surface area (Å²) in [5, 5.41) is 12.4. The second-order valence-corrected chi connectivity index (χ2v) is 9.55. The van der Waals surface area contributed by atoms with E-state index in [1.807, 2.05) is 0 Å². The summed E-state index contributed by atoms with van der Waals surface area (Å²) >= 11 is 6.07. The Morgan fingerprint density at radius 1 is 1.11 bits per heavy atom. The van der Waals surface area contributed by atoms with Gasteiger partial charge in [-0.15, -0.1) is 0 Å². The van der Waals surface area contributed by atoms with E-state index < -0.39 is 32.6 Å². The molecule has 0 unspecified atom stereocenters. The number of rotatable bonds is 6. The number of alkyl halides is 3. The molecule has 0 aliphatic heterocycles. The quantitative estimate of drug-likeness (QED) is 0.378. The molecule has 0 spiro atoms. The van der Waals surface area contributed by atoms with Gasteiger partial charge in [0.25, 0.3) is 0 Å². The molecule has 0 atom stereocenters. The highest BCUT2D eigenvalue weighted by Crippen LogP contribution is 2.36. The molecule has 0 saturated heterocycles. The van der Waals surface area contributed by atoms with Gasteiger partial charge >= 0.3 is 6.18 Å². The molecule has 8 nitrogen and oxygen atoms in total. The SMILES string of the molecule is NS(=O)(=O)c1cc(NC(=O)Cc2ccccc2Cl)ccc1-n1cc(-c2ncccc2C(F)(F)F)cn1. The third-order valence-electron chi connectivity index (χ3n) is 5.07. The third kappa shape index (κ3) is 5.56. The van der Waals surface area contributed by atoms with Gasteiger partial charge < -0.3 is 5.32 Å². The van der Waals surface area contributed by atoms with Crippen molar-refractivity contribution in [2.24, 2.45) is 5.14 Å². The number of aromatic nitrogens is 3. The average Bonchev–Trinajstić information content (AvgIpc) is 3.29. The fourth-order valence-electron chi connectivity index (χ4n) is 3.47. The van der Waals surface area contributed by atoms with Crippen molar-refractivity contribution in [3.05, 3.63) is 89.3 Å². The van der Waals surface area contributed by atoms with Crippen molar-refractivity contribution >= 4 is 33.2 Å². The zero-order valence-corrected chi connectivity index (χ0v) is 19.8. The lowest BCUT2D eigenvalue weighted by Crippen LogP contribution is -2.18. The Morgan fingerprint density at radius 3 is 2.56 bits per heavy atom. The highest BCUT2D eigenvalue weighted by molar-refractivity contribution is 7.89. The number of halogens is 4. The minimum absolute atomic E-state index is 0.0143. The molecule has 36 heavy (non-hydrogen) atoms. The maximum atomic E-state index is 13.4. The van der Waals surface area contributed by atoms with Crippen molar-refractivity contribution in [1.29, 1.82) is 0 Å². The van der Waals surface area contributed by atoms with Crippen molar-refractivity contribution in [2.75, 3.05) is 5.32 Å². The van der Waals surface area contributed by atoms with Crippen molar-refractivity contribution < 1.29 is 26.4 Å². The van der Waals surface area contributed by atoms with Crippen LogP contribution in [0.4, 0.5) is 18.9 Å². The number of carbonyl (C=O) groups excluding carboxylic acids is 1. The smallest absolute Gasteiger partial charge is 0.326 e. The molecule has 186 valence electrons. The Bertz CT molecular complexity index is 1550. The van der Waals surface area contributed by atoms with Crippen molar-refractivity contribution in [1.82, 2.24) is 14.8 Å². The summed E-state index contributed by atoms with van der Waals surface area (Å²) in [6.45, 7) is 0. The minimum atomic E-state index is -4.65. The van der Waals surface area contributed by atoms with Gasteiger partial charge in [0.15, 0.2) is 0 Å². The standard InChI is InChI=1S/C23H17ClF3N5O3S/c24-18-6-2-1-4-14(18)10-21(33)31-16-7-8-19(20(11-16)36(28,34)35)32-13-15(12-30-32)22-17(23(25,26)27)5-3-9-29-22/h1-9,11-13H,10H2,(H,31,33)(H2,28,34,35). The van der Waals surface area contributed by atoms with E-state index in [0.717, 1.165) is 29.1 Å². The number of hydrogen-bond donors (Lipinski definition) is 2. The Kier molecular flexibility index (Phi) is 6.85. The lowest BCUT2D eigenvalue weighted by Gasteiger charge is -2.12. The molecule has 3 N–H and O–H groups in total. The molecule has 2 heterocycles. The number of sulfonamides is 1. The van der Waals surface area contributed by atoms with Crippen LogP contribution in [0.15, 0.2) is 78.1 Å². The number of benzene rings is 2. The number of hydrogen-bond acceptors (Lipinski definition) is 5. The zero-order chi connectivity index (χ0) is 26.1. The fourth-order valence-corrected chi connectivity index (χ4v) is 4.42. The molecule has 0 radical (unpaired) electrons. The molecule has 0 aliphatic rings. The lowest BCUT2D eigenvalue weighted by molar-refractivity contribution is -0.137. The Balaban J connectivity index is 1.66. The summed E-state index contributed by atoms with van der Waals surface area (Å²) in [6.07, 6.45) is -1.17. The van der Waals surface area contributed by atoms with Crippen molar-refractivity contribution in [3.63, 3.8) is 0 Å². The van der Waals surface area contributed by atoms with Crippen LogP contribution in [0, 0.1) is 0 Å². The van der Waals surface area contributed by atoms with Gasteiger partial charge in [-0.05, 0) is 42.0 Å². The van der Waals surface area contributed by atoms with Gasteiger partial charge in [0, 0.05) is 28.7 Å². The number of primary sulfonamides is 1. The van der Waals surface area contributed by atoms with Crippen molar-refractivity contribution in [2.45, 2.75) is 17.5 Å². The second kappa shape index (κ2) is 9.72. The van der Waals surface area contributed by atoms with Gasteiger partial charge in [-0.1, -0.05) is 29.8 Å². The third-order valence-corrected chi connectivity index (χ3v) is 6.38. The summed E-state index contributed by atoms with van der Waals surface area (Å²) in [5.74, 6) is -0.451. The maximum Gasteiger partial charge on any atom is 0.418 e. The van der Waals surface area contributed by atoms with Gasteiger partial charge in [0.05, 0.1) is 29.6 Å². The molecule has 4 rings (SSSR count). The zero-order valence-electron chi connectivity index (χ0n) is 18.2. The summed E-state index contributed by atoms with van der Waals surface area (Å²) in [5.41, 5.74) is -0.629. The minimum Gasteiger partial charge on any atom is -0.326 e. The maximum absolute atomic E-state index is 13.4. The van der Waals surface area contributed by atoms with Gasteiger partial charge in [-0.25, -0.2) is 18.2 Å². The summed E-state index contributed by atoms with van der Waals surface area (Å²) < 4.78 is 65.8. The Morgan fingerprint density at radius 2 is 1.86 bits per heavy atom. The molecule has 0 fully saturated rings. The van der Waals surface area contributed by atoms with E-state index in [0.29, 0.717) is 10.6 Å². The molecule has 13 heteroatoms. The molecule has 1 amide bonds. The molecular formula is C23H17ClF3N5O3S. The number of carbonyl (C=O) groups is 1. The van der Waals surface area contributed by atoms with E-state index in [4.69, 9.17) is 16.7 Å². The molecule has 4 aromatic rings. The molecule has 2 aromatic heterocycles. The van der Waals surface area contributed by atoms with Crippen LogP contribution in [0.1, 0.15) is 11.1 Å². The number of nitrogens with two attached hydrogens (primary N) is 1. The molecular weight excluding hydrogens is 519 g/mol. The van der Waals surface area contributed by atoms with E-state index in [-0.39, 0.29) is 29.1 Å². The summed E-state index contributed by atoms with van der Waals surface area (Å²) in [4.78, 5) is 15.9. The number of nitrogens with zero attached hydrogens (tertiary/aromatic N) is 3. The Labute approximate surface area is 208 Å². The monoisotopic (exact) mass is 535 g/mol. The first-order valence-corrected chi connectivity index (χ1v) is 12.1. The van der Waals surface area contributed by atoms with Crippen LogP contribution < -0.4 is 10.5 Å². The van der Waals surface area contributed by atoms with Gasteiger partial charge in [-0.3, -0.25) is 9.78 Å². The number of nitrogens with one attached hydrogen (secondary N) is 1. The number of amides is 1. The highest BCUT2D eigenvalue weighted by Gasteiger charge is 2.34. The first kappa shape index (κ1) is 25.4. The van der Waals surface area contributed by atoms with E-state index in [9.17, 15) is 26.4 Å². The van der Waals surface area contributed by atoms with Crippen molar-refractivity contribution in [3.8, 4) is 16.9 Å². The average molecular weight is 536 g/mol. The fraction of sp³-hybridized carbons (Fsp3) is 0.0870. The summed E-state index contributed by atoms with van der Waals surface area (Å²) in [6, 6.07) is 12.7. The first-order chi connectivity index (χ1) is 16.9. The van der Waals surface area contributed by atoms with Crippen LogP contribution in [-0.2, 0) is 27.4 Å². The van der Waals surface area contributed by atoms with E-state index >= 15 is 0 Å². The Hall–Kier alpha value is -3.74. The lowest BCUT2D eigenvalue weighted by atomic mass is 10.1. The molecule has 2 aromatic carbocycles. The predicted octanol–water partition coefficient (Wildman–Crippen LogP) is 4.44. The summed E-state index contributed by atoms with van der Waals surface area (Å²) in [7, 11) is -4.32.